The molecule has 0 fully saturated rings. The molecule has 0 heterocycles. The Morgan fingerprint density at radius 1 is 1.46 bits per heavy atom. The van der Waals surface area contributed by atoms with Gasteiger partial charge in [0.1, 0.15) is 0 Å². The molecule has 0 unspecified atom stereocenters. The van der Waals surface area contributed by atoms with Gasteiger partial charge in [-0.05, 0) is 25.2 Å². The molecule has 0 amide bonds. The first-order valence-electron chi connectivity index (χ1n) is 5.00. The van der Waals surface area contributed by atoms with Crippen LogP contribution in [0.4, 0.5) is 0 Å². The maximum Gasteiger partial charge on any atom is 0.330 e. The normalized spacial score (nSPS) is 11.1. The molecule has 0 aliphatic rings. The zero-order valence-corrected chi connectivity index (χ0v) is 8.88. The third kappa shape index (κ3) is 9.12. The number of hydrogen-bond donors (Lipinski definition) is 0. The van der Waals surface area contributed by atoms with Crippen LogP contribution in [0.3, 0.4) is 0 Å². The number of ether oxygens (including phenoxy) is 1. The van der Waals surface area contributed by atoms with Crippen LogP contribution in [0.2, 0.25) is 0 Å². The molecule has 13 heavy (non-hydrogen) atoms. The molecule has 2 heteroatoms. The lowest BCUT2D eigenvalue weighted by molar-refractivity contribution is -0.137. The van der Waals surface area contributed by atoms with Gasteiger partial charge in [-0.1, -0.05) is 26.8 Å². The number of hydrogen-bond acceptors (Lipinski definition) is 2. The molecular weight excluding hydrogens is 164 g/mol. The van der Waals surface area contributed by atoms with Crippen molar-refractivity contribution >= 4 is 5.97 Å². The van der Waals surface area contributed by atoms with E-state index in [9.17, 15) is 4.79 Å². The van der Waals surface area contributed by atoms with Gasteiger partial charge in [-0.2, -0.15) is 0 Å². The molecule has 0 aromatic carbocycles. The summed E-state index contributed by atoms with van der Waals surface area (Å²) in [5.41, 5.74) is 0. The second kappa shape index (κ2) is 7.84. The van der Waals surface area contributed by atoms with Crippen molar-refractivity contribution < 1.29 is 9.53 Å². The highest BCUT2D eigenvalue weighted by Crippen LogP contribution is 2.03. The van der Waals surface area contributed by atoms with Crippen molar-refractivity contribution in [2.45, 2.75) is 40.0 Å². The van der Waals surface area contributed by atoms with Crippen LogP contribution in [0.5, 0.6) is 0 Å². The summed E-state index contributed by atoms with van der Waals surface area (Å²) in [5, 5.41) is 0. The SMILES string of the molecule is CCC=CC(=O)OCCCC(C)C. The Bertz CT molecular complexity index is 159. The van der Waals surface area contributed by atoms with Crippen molar-refractivity contribution in [3.8, 4) is 0 Å². The van der Waals surface area contributed by atoms with E-state index >= 15 is 0 Å². The van der Waals surface area contributed by atoms with Crippen LogP contribution >= 0.6 is 0 Å². The van der Waals surface area contributed by atoms with Gasteiger partial charge in [-0.3, -0.25) is 0 Å². The van der Waals surface area contributed by atoms with E-state index in [0.29, 0.717) is 12.5 Å². The molecule has 0 bridgehead atoms. The van der Waals surface area contributed by atoms with Crippen molar-refractivity contribution in [1.29, 1.82) is 0 Å². The second-order valence-electron chi connectivity index (χ2n) is 3.51. The molecule has 0 atom stereocenters. The van der Waals surface area contributed by atoms with Gasteiger partial charge in [0.25, 0.3) is 0 Å². The predicted octanol–water partition coefficient (Wildman–Crippen LogP) is 2.93. The average Bonchev–Trinajstić information content (AvgIpc) is 2.08. The van der Waals surface area contributed by atoms with Crippen molar-refractivity contribution in [2.24, 2.45) is 5.92 Å². The van der Waals surface area contributed by atoms with Crippen LogP contribution in [0.15, 0.2) is 12.2 Å². The van der Waals surface area contributed by atoms with Crippen LogP contribution in [0.1, 0.15) is 40.0 Å². The van der Waals surface area contributed by atoms with Crippen LogP contribution in [-0.4, -0.2) is 12.6 Å². The van der Waals surface area contributed by atoms with E-state index in [4.69, 9.17) is 4.74 Å². The van der Waals surface area contributed by atoms with Crippen molar-refractivity contribution in [3.05, 3.63) is 12.2 Å². The van der Waals surface area contributed by atoms with Gasteiger partial charge in [0.05, 0.1) is 6.61 Å². The first kappa shape index (κ1) is 12.2. The Kier molecular flexibility index (Phi) is 7.36. The summed E-state index contributed by atoms with van der Waals surface area (Å²) < 4.78 is 4.97. The highest BCUT2D eigenvalue weighted by atomic mass is 16.5. The monoisotopic (exact) mass is 184 g/mol. The Morgan fingerprint density at radius 2 is 2.15 bits per heavy atom. The summed E-state index contributed by atoms with van der Waals surface area (Å²) >= 11 is 0. The molecule has 2 nitrogen and oxygen atoms in total. The van der Waals surface area contributed by atoms with E-state index in [2.05, 4.69) is 13.8 Å². The standard InChI is InChI=1S/C11H20O2/c1-4-5-8-11(12)13-9-6-7-10(2)3/h5,8,10H,4,6-7,9H2,1-3H3. The second-order valence-corrected chi connectivity index (χ2v) is 3.51. The van der Waals surface area contributed by atoms with Gasteiger partial charge in [0, 0.05) is 6.08 Å². The van der Waals surface area contributed by atoms with Crippen LogP contribution in [-0.2, 0) is 9.53 Å². The minimum atomic E-state index is -0.217. The molecule has 0 aliphatic carbocycles. The molecule has 0 aliphatic heterocycles. The van der Waals surface area contributed by atoms with Gasteiger partial charge < -0.3 is 4.74 Å². The number of carbonyl (C=O) groups is 1. The maximum atomic E-state index is 10.9. The molecule has 0 spiro atoms. The third-order valence-electron chi connectivity index (χ3n) is 1.66. The fourth-order valence-electron chi connectivity index (χ4n) is 0.927. The predicted molar refractivity (Wildman–Crippen MR) is 54.5 cm³/mol. The van der Waals surface area contributed by atoms with Gasteiger partial charge in [-0.25, -0.2) is 4.79 Å². The minimum absolute atomic E-state index is 0.217. The highest BCUT2D eigenvalue weighted by Gasteiger charge is 1.97. The molecule has 0 saturated carbocycles. The van der Waals surface area contributed by atoms with Crippen LogP contribution in [0, 0.1) is 5.92 Å². The Morgan fingerprint density at radius 3 is 2.69 bits per heavy atom. The molecule has 0 rings (SSSR count). The smallest absolute Gasteiger partial charge is 0.330 e. The van der Waals surface area contributed by atoms with E-state index in [1.165, 1.54) is 6.08 Å². The number of carbonyl (C=O) groups excluding carboxylic acids is 1. The van der Waals surface area contributed by atoms with Crippen molar-refractivity contribution in [2.75, 3.05) is 6.61 Å². The Labute approximate surface area is 81.0 Å². The van der Waals surface area contributed by atoms with E-state index in [-0.39, 0.29) is 5.97 Å². The maximum absolute atomic E-state index is 10.9. The number of allylic oxidation sites excluding steroid dienone is 1. The summed E-state index contributed by atoms with van der Waals surface area (Å²) in [4.78, 5) is 10.9. The highest BCUT2D eigenvalue weighted by molar-refractivity contribution is 5.81. The summed E-state index contributed by atoms with van der Waals surface area (Å²) in [6.07, 6.45) is 6.26. The molecule has 76 valence electrons. The summed E-state index contributed by atoms with van der Waals surface area (Å²) in [6, 6.07) is 0. The average molecular weight is 184 g/mol. The molecule has 0 aromatic rings. The van der Waals surface area contributed by atoms with E-state index in [0.717, 1.165) is 19.3 Å². The molecule has 0 aromatic heterocycles. The molecule has 0 saturated heterocycles. The lowest BCUT2D eigenvalue weighted by atomic mass is 10.1. The first-order chi connectivity index (χ1) is 6.16. The van der Waals surface area contributed by atoms with Crippen LogP contribution < -0.4 is 0 Å². The summed E-state index contributed by atoms with van der Waals surface area (Å²) in [7, 11) is 0. The van der Waals surface area contributed by atoms with Gasteiger partial charge in [0.2, 0.25) is 0 Å². The zero-order chi connectivity index (χ0) is 10.1. The van der Waals surface area contributed by atoms with Gasteiger partial charge in [-0.15, -0.1) is 0 Å². The molecule has 0 radical (unpaired) electrons. The van der Waals surface area contributed by atoms with Gasteiger partial charge in [0.15, 0.2) is 0 Å². The topological polar surface area (TPSA) is 26.3 Å². The third-order valence-corrected chi connectivity index (χ3v) is 1.66. The van der Waals surface area contributed by atoms with Crippen molar-refractivity contribution in [3.63, 3.8) is 0 Å². The van der Waals surface area contributed by atoms with E-state index in [1.807, 2.05) is 13.0 Å². The quantitative estimate of drug-likeness (QED) is 0.360. The Hall–Kier alpha value is -0.790. The number of rotatable bonds is 6. The van der Waals surface area contributed by atoms with E-state index in [1.54, 1.807) is 0 Å². The molecular formula is C11H20O2. The van der Waals surface area contributed by atoms with Crippen molar-refractivity contribution in [1.82, 2.24) is 0 Å². The summed E-state index contributed by atoms with van der Waals surface area (Å²) in [6.45, 7) is 6.87. The first-order valence-corrected chi connectivity index (χ1v) is 5.00. The lowest BCUT2D eigenvalue weighted by Gasteiger charge is -2.04. The lowest BCUT2D eigenvalue weighted by Crippen LogP contribution is -2.03. The fourth-order valence-corrected chi connectivity index (χ4v) is 0.927. The van der Waals surface area contributed by atoms with E-state index < -0.39 is 0 Å². The number of esters is 1. The van der Waals surface area contributed by atoms with Gasteiger partial charge >= 0.3 is 5.97 Å². The largest absolute Gasteiger partial charge is 0.463 e. The Balaban J connectivity index is 3.32. The minimum Gasteiger partial charge on any atom is -0.463 e. The molecule has 0 N–H and O–H groups in total. The summed E-state index contributed by atoms with van der Waals surface area (Å²) in [5.74, 6) is 0.468. The fraction of sp³-hybridized carbons (Fsp3) is 0.727. The zero-order valence-electron chi connectivity index (χ0n) is 8.88. The van der Waals surface area contributed by atoms with Crippen LogP contribution in [0.25, 0.3) is 0 Å².